The Kier molecular flexibility index (Phi) is 8.85. The molecule has 2 aromatic carbocycles. The zero-order valence-corrected chi connectivity index (χ0v) is 22.6. The second kappa shape index (κ2) is 12.1. The van der Waals surface area contributed by atoms with Gasteiger partial charge in [-0.1, -0.05) is 43.2 Å². The Labute approximate surface area is 225 Å². The standard InChI is InChI=1S/C26H30N4O6S2/c1-36-25(33)18-9-12-21-22(15-18)29-26(37-16-23(31)28-19-5-3-2-4-6-19)30(24(21)32)14-13-17-7-10-20(11-8-17)38(27,34)35/h7-12,15,19H,2-6,13-14,16H2,1H3,(H,28,31)(H2,27,34,35). The number of sulfonamides is 1. The number of nitrogens with zero attached hydrogens (tertiary/aromatic N) is 2. The van der Waals surface area contributed by atoms with Gasteiger partial charge in [-0.05, 0) is 55.2 Å². The van der Waals surface area contributed by atoms with E-state index in [1.165, 1.54) is 42.4 Å². The molecule has 0 radical (unpaired) electrons. The van der Waals surface area contributed by atoms with E-state index in [1.807, 2.05) is 0 Å². The first kappa shape index (κ1) is 27.8. The van der Waals surface area contributed by atoms with E-state index in [2.05, 4.69) is 10.3 Å². The number of methoxy groups -OCH3 is 1. The van der Waals surface area contributed by atoms with E-state index in [4.69, 9.17) is 9.88 Å². The summed E-state index contributed by atoms with van der Waals surface area (Å²) in [6.07, 6.45) is 5.74. The average Bonchev–Trinajstić information content (AvgIpc) is 2.91. The van der Waals surface area contributed by atoms with Gasteiger partial charge in [-0.2, -0.15) is 0 Å². The van der Waals surface area contributed by atoms with Crippen molar-refractivity contribution in [2.45, 2.75) is 61.2 Å². The first-order valence-electron chi connectivity index (χ1n) is 12.3. The van der Waals surface area contributed by atoms with Crippen LogP contribution in [0.5, 0.6) is 0 Å². The van der Waals surface area contributed by atoms with Crippen molar-refractivity contribution < 1.29 is 22.7 Å². The Bertz CT molecular complexity index is 1500. The summed E-state index contributed by atoms with van der Waals surface area (Å²) in [7, 11) is -2.52. The van der Waals surface area contributed by atoms with Crippen LogP contribution in [-0.4, -0.2) is 48.7 Å². The van der Waals surface area contributed by atoms with Crippen molar-refractivity contribution in [3.63, 3.8) is 0 Å². The fourth-order valence-electron chi connectivity index (χ4n) is 4.49. The van der Waals surface area contributed by atoms with Gasteiger partial charge in [0.05, 0.1) is 34.2 Å². The highest BCUT2D eigenvalue weighted by Crippen LogP contribution is 2.21. The topological polar surface area (TPSA) is 150 Å². The molecular weight excluding hydrogens is 528 g/mol. The van der Waals surface area contributed by atoms with Gasteiger partial charge in [0.2, 0.25) is 15.9 Å². The third kappa shape index (κ3) is 6.80. The lowest BCUT2D eigenvalue weighted by molar-refractivity contribution is -0.119. The van der Waals surface area contributed by atoms with Crippen LogP contribution in [0.15, 0.2) is 57.3 Å². The normalized spacial score (nSPS) is 14.4. The zero-order chi connectivity index (χ0) is 27.3. The number of hydrogen-bond donors (Lipinski definition) is 2. The van der Waals surface area contributed by atoms with E-state index < -0.39 is 16.0 Å². The molecule has 1 aliphatic rings. The van der Waals surface area contributed by atoms with Crippen LogP contribution < -0.4 is 16.0 Å². The number of nitrogens with one attached hydrogen (secondary N) is 1. The number of rotatable bonds is 9. The molecule has 3 N–H and O–H groups in total. The lowest BCUT2D eigenvalue weighted by Gasteiger charge is -2.22. The van der Waals surface area contributed by atoms with Crippen molar-refractivity contribution in [3.05, 3.63) is 63.9 Å². The number of ether oxygens (including phenoxy) is 1. The molecule has 3 aromatic rings. The summed E-state index contributed by atoms with van der Waals surface area (Å²) in [6.45, 7) is 0.252. The SMILES string of the molecule is COC(=O)c1ccc2c(=O)n(CCc3ccc(S(N)(=O)=O)cc3)c(SCC(=O)NC3CCCCC3)nc2c1. The number of esters is 1. The molecule has 1 fully saturated rings. The van der Waals surface area contributed by atoms with Crippen molar-refractivity contribution >= 4 is 44.6 Å². The van der Waals surface area contributed by atoms with Gasteiger partial charge in [-0.25, -0.2) is 23.3 Å². The van der Waals surface area contributed by atoms with Crippen LogP contribution in [0, 0.1) is 0 Å². The first-order chi connectivity index (χ1) is 18.2. The van der Waals surface area contributed by atoms with Gasteiger partial charge in [0.25, 0.3) is 5.56 Å². The zero-order valence-electron chi connectivity index (χ0n) is 21.0. The minimum atomic E-state index is -3.80. The number of thioether (sulfide) groups is 1. The Morgan fingerprint density at radius 3 is 2.50 bits per heavy atom. The second-order valence-electron chi connectivity index (χ2n) is 9.20. The molecule has 1 aromatic heterocycles. The van der Waals surface area contributed by atoms with Crippen molar-refractivity contribution in [2.24, 2.45) is 5.14 Å². The Balaban J connectivity index is 1.60. The molecule has 202 valence electrons. The van der Waals surface area contributed by atoms with Gasteiger partial charge < -0.3 is 10.1 Å². The molecule has 10 nitrogen and oxygen atoms in total. The Hall–Kier alpha value is -3.22. The van der Waals surface area contributed by atoms with Gasteiger partial charge in [0.1, 0.15) is 0 Å². The second-order valence-corrected chi connectivity index (χ2v) is 11.7. The molecule has 1 amide bonds. The molecule has 12 heteroatoms. The number of amides is 1. The van der Waals surface area contributed by atoms with Gasteiger partial charge in [0.15, 0.2) is 5.16 Å². The molecule has 0 spiro atoms. The van der Waals surface area contributed by atoms with Gasteiger partial charge in [0, 0.05) is 12.6 Å². The maximum atomic E-state index is 13.5. The summed E-state index contributed by atoms with van der Waals surface area (Å²) in [5.74, 6) is -0.569. The molecule has 0 unspecified atom stereocenters. The number of benzene rings is 2. The van der Waals surface area contributed by atoms with Gasteiger partial charge >= 0.3 is 5.97 Å². The molecule has 1 saturated carbocycles. The number of nitrogens with two attached hydrogens (primary N) is 1. The quantitative estimate of drug-likeness (QED) is 0.231. The molecular formula is C26H30N4O6S2. The lowest BCUT2D eigenvalue weighted by Crippen LogP contribution is -2.37. The summed E-state index contributed by atoms with van der Waals surface area (Å²) in [4.78, 5) is 42.8. The molecule has 1 heterocycles. The lowest BCUT2D eigenvalue weighted by atomic mass is 9.95. The summed E-state index contributed by atoms with van der Waals surface area (Å²) < 4.78 is 29.4. The number of hydrogen-bond acceptors (Lipinski definition) is 8. The highest BCUT2D eigenvalue weighted by Gasteiger charge is 2.19. The molecule has 1 aliphatic carbocycles. The van der Waals surface area contributed by atoms with E-state index >= 15 is 0 Å². The number of fused-ring (bicyclic) bond motifs is 1. The highest BCUT2D eigenvalue weighted by atomic mass is 32.2. The van der Waals surface area contributed by atoms with Crippen LogP contribution in [0.2, 0.25) is 0 Å². The maximum Gasteiger partial charge on any atom is 0.337 e. The largest absolute Gasteiger partial charge is 0.465 e. The molecule has 0 saturated heterocycles. The van der Waals surface area contributed by atoms with E-state index in [0.717, 1.165) is 43.0 Å². The third-order valence-corrected chi connectivity index (χ3v) is 8.43. The van der Waals surface area contributed by atoms with Gasteiger partial charge in [-0.15, -0.1) is 0 Å². The summed E-state index contributed by atoms with van der Waals surface area (Å²) in [5.41, 5.74) is 1.10. The average molecular weight is 559 g/mol. The third-order valence-electron chi connectivity index (χ3n) is 6.52. The summed E-state index contributed by atoms with van der Waals surface area (Å²) in [5, 5.41) is 8.93. The van der Waals surface area contributed by atoms with Crippen LogP contribution in [0.1, 0.15) is 48.0 Å². The Morgan fingerprint density at radius 1 is 1.13 bits per heavy atom. The minimum absolute atomic E-state index is 0.00687. The van der Waals surface area contributed by atoms with E-state index in [9.17, 15) is 22.8 Å². The van der Waals surface area contributed by atoms with E-state index in [0.29, 0.717) is 22.5 Å². The number of carbonyl (C=O) groups is 2. The van der Waals surface area contributed by atoms with Gasteiger partial charge in [-0.3, -0.25) is 14.2 Å². The molecule has 38 heavy (non-hydrogen) atoms. The minimum Gasteiger partial charge on any atom is -0.465 e. The summed E-state index contributed by atoms with van der Waals surface area (Å²) >= 11 is 1.16. The monoisotopic (exact) mass is 558 g/mol. The Morgan fingerprint density at radius 2 is 1.84 bits per heavy atom. The first-order valence-corrected chi connectivity index (χ1v) is 14.9. The maximum absolute atomic E-state index is 13.5. The van der Waals surface area contributed by atoms with Crippen LogP contribution in [0.3, 0.4) is 0 Å². The number of aryl methyl sites for hydroxylation is 1. The number of primary sulfonamides is 1. The number of aromatic nitrogens is 2. The van der Waals surface area contributed by atoms with Crippen LogP contribution in [-0.2, 0) is 32.5 Å². The molecule has 0 atom stereocenters. The van der Waals surface area contributed by atoms with E-state index in [-0.39, 0.29) is 40.3 Å². The predicted octanol–water partition coefficient (Wildman–Crippen LogP) is 2.61. The summed E-state index contributed by atoms with van der Waals surface area (Å²) in [6, 6.07) is 10.9. The molecule has 0 aliphatic heterocycles. The predicted molar refractivity (Wildman–Crippen MR) is 145 cm³/mol. The molecule has 4 rings (SSSR count). The van der Waals surface area contributed by atoms with Crippen LogP contribution in [0.4, 0.5) is 0 Å². The number of carbonyl (C=O) groups excluding carboxylic acids is 2. The van der Waals surface area contributed by atoms with Crippen molar-refractivity contribution in [2.75, 3.05) is 12.9 Å². The highest BCUT2D eigenvalue weighted by molar-refractivity contribution is 7.99. The fourth-order valence-corrected chi connectivity index (χ4v) is 5.84. The van der Waals surface area contributed by atoms with Crippen molar-refractivity contribution in [1.82, 2.24) is 14.9 Å². The van der Waals surface area contributed by atoms with E-state index in [1.54, 1.807) is 18.2 Å². The molecule has 0 bridgehead atoms. The fraction of sp³-hybridized carbons (Fsp3) is 0.385. The smallest absolute Gasteiger partial charge is 0.337 e. The van der Waals surface area contributed by atoms with Crippen molar-refractivity contribution in [3.8, 4) is 0 Å². The van der Waals surface area contributed by atoms with Crippen LogP contribution in [0.25, 0.3) is 10.9 Å². The van der Waals surface area contributed by atoms with Crippen LogP contribution >= 0.6 is 11.8 Å². The van der Waals surface area contributed by atoms with Crippen molar-refractivity contribution in [1.29, 1.82) is 0 Å².